The summed E-state index contributed by atoms with van der Waals surface area (Å²) in [6.07, 6.45) is -0.00409. The van der Waals surface area contributed by atoms with Crippen molar-refractivity contribution in [3.63, 3.8) is 0 Å². The molecule has 0 saturated heterocycles. The van der Waals surface area contributed by atoms with E-state index in [1.54, 1.807) is 55.5 Å². The summed E-state index contributed by atoms with van der Waals surface area (Å²) in [7, 11) is 0. The Hall–Kier alpha value is -2.20. The number of benzene rings is 2. The lowest BCUT2D eigenvalue weighted by atomic mass is 10.3. The topological polar surface area (TPSA) is 44.8 Å². The van der Waals surface area contributed by atoms with Crippen LogP contribution in [-0.2, 0) is 9.53 Å². The zero-order chi connectivity index (χ0) is 17.5. The number of rotatable bonds is 7. The lowest BCUT2D eigenvalue weighted by molar-refractivity contribution is -0.155. The summed E-state index contributed by atoms with van der Waals surface area (Å²) in [6, 6.07) is 14.2. The largest absolute Gasteiger partial charge is 0.479 e. The van der Waals surface area contributed by atoms with Crippen LogP contribution in [0.5, 0.6) is 17.2 Å². The van der Waals surface area contributed by atoms with Crippen molar-refractivity contribution in [3.8, 4) is 17.2 Å². The molecule has 2 unspecified atom stereocenters. The Morgan fingerprint density at radius 1 is 0.958 bits per heavy atom. The van der Waals surface area contributed by atoms with Gasteiger partial charge in [-0.05, 0) is 68.8 Å². The average molecular weight is 349 g/mol. The lowest BCUT2D eigenvalue weighted by Crippen LogP contribution is -2.28. The number of carbonyl (C=O) groups excluding carboxylic acids is 1. The van der Waals surface area contributed by atoms with E-state index in [1.807, 2.05) is 13.8 Å². The van der Waals surface area contributed by atoms with Gasteiger partial charge in [0.1, 0.15) is 17.2 Å². The van der Waals surface area contributed by atoms with Crippen molar-refractivity contribution in [1.29, 1.82) is 0 Å². The predicted octanol–water partition coefficient (Wildman–Crippen LogP) is 5.24. The van der Waals surface area contributed by atoms with E-state index in [0.29, 0.717) is 22.3 Å². The summed E-state index contributed by atoms with van der Waals surface area (Å²) >= 11 is 5.84. The first-order chi connectivity index (χ1) is 11.5. The van der Waals surface area contributed by atoms with E-state index in [9.17, 15) is 4.79 Å². The zero-order valence-corrected chi connectivity index (χ0v) is 14.7. The standard InChI is InChI=1S/C19H21ClO4/c1-4-13(2)22-19(21)14(3)23-16-9-11-18(12-10-16)24-17-7-5-15(20)6-8-17/h5-14H,4H2,1-3H3. The molecule has 0 aliphatic rings. The first-order valence-electron chi connectivity index (χ1n) is 7.88. The Kier molecular flexibility index (Phi) is 6.50. The van der Waals surface area contributed by atoms with E-state index in [4.69, 9.17) is 25.8 Å². The lowest BCUT2D eigenvalue weighted by Gasteiger charge is -2.17. The van der Waals surface area contributed by atoms with Crippen LogP contribution < -0.4 is 9.47 Å². The molecule has 0 N–H and O–H groups in total. The van der Waals surface area contributed by atoms with Crippen molar-refractivity contribution < 1.29 is 19.0 Å². The Bertz CT molecular complexity index is 652. The van der Waals surface area contributed by atoms with Crippen molar-refractivity contribution in [2.75, 3.05) is 0 Å². The van der Waals surface area contributed by atoms with Gasteiger partial charge in [0.25, 0.3) is 0 Å². The monoisotopic (exact) mass is 348 g/mol. The summed E-state index contributed by atoms with van der Waals surface area (Å²) in [4.78, 5) is 11.9. The van der Waals surface area contributed by atoms with Gasteiger partial charge in [0.15, 0.2) is 6.10 Å². The molecule has 2 atom stereocenters. The molecule has 0 fully saturated rings. The predicted molar refractivity (Wildman–Crippen MR) is 93.9 cm³/mol. The Labute approximate surface area is 147 Å². The number of esters is 1. The molecule has 0 bridgehead atoms. The van der Waals surface area contributed by atoms with Gasteiger partial charge in [0.05, 0.1) is 6.10 Å². The second-order valence-electron chi connectivity index (χ2n) is 5.44. The SMILES string of the molecule is CCC(C)OC(=O)C(C)Oc1ccc(Oc2ccc(Cl)cc2)cc1. The minimum atomic E-state index is -0.665. The van der Waals surface area contributed by atoms with Crippen LogP contribution in [0, 0.1) is 0 Å². The van der Waals surface area contributed by atoms with Gasteiger partial charge in [0.2, 0.25) is 0 Å². The maximum absolute atomic E-state index is 11.9. The van der Waals surface area contributed by atoms with Gasteiger partial charge in [-0.15, -0.1) is 0 Å². The molecule has 24 heavy (non-hydrogen) atoms. The van der Waals surface area contributed by atoms with E-state index in [-0.39, 0.29) is 12.1 Å². The molecule has 0 aliphatic heterocycles. The van der Waals surface area contributed by atoms with Gasteiger partial charge in [0, 0.05) is 5.02 Å². The quantitative estimate of drug-likeness (QED) is 0.642. The average Bonchev–Trinajstić information content (AvgIpc) is 2.58. The molecule has 0 aromatic heterocycles. The van der Waals surface area contributed by atoms with Crippen LogP contribution >= 0.6 is 11.6 Å². The fourth-order valence-corrected chi connectivity index (χ4v) is 1.98. The summed E-state index contributed by atoms with van der Waals surface area (Å²) in [5.74, 6) is 1.57. The second kappa shape index (κ2) is 8.60. The van der Waals surface area contributed by atoms with Crippen LogP contribution in [0.4, 0.5) is 0 Å². The van der Waals surface area contributed by atoms with Gasteiger partial charge in [-0.25, -0.2) is 4.79 Å². The van der Waals surface area contributed by atoms with E-state index < -0.39 is 6.10 Å². The van der Waals surface area contributed by atoms with E-state index in [1.165, 1.54) is 0 Å². The number of halogens is 1. The number of ether oxygens (including phenoxy) is 3. The fourth-order valence-electron chi connectivity index (χ4n) is 1.85. The normalized spacial score (nSPS) is 13.0. The number of hydrogen-bond acceptors (Lipinski definition) is 4. The van der Waals surface area contributed by atoms with E-state index in [2.05, 4.69) is 0 Å². The first kappa shape index (κ1) is 18.1. The van der Waals surface area contributed by atoms with Crippen LogP contribution in [0.15, 0.2) is 48.5 Å². The van der Waals surface area contributed by atoms with Crippen LogP contribution in [-0.4, -0.2) is 18.2 Å². The molecule has 128 valence electrons. The summed E-state index contributed by atoms with van der Waals surface area (Å²) in [5.41, 5.74) is 0. The minimum Gasteiger partial charge on any atom is -0.479 e. The highest BCUT2D eigenvalue weighted by Gasteiger charge is 2.18. The first-order valence-corrected chi connectivity index (χ1v) is 8.26. The summed E-state index contributed by atoms with van der Waals surface area (Å²) in [5, 5.41) is 0.657. The highest BCUT2D eigenvalue weighted by Crippen LogP contribution is 2.25. The van der Waals surface area contributed by atoms with Crippen LogP contribution in [0.3, 0.4) is 0 Å². The molecule has 0 amide bonds. The maximum Gasteiger partial charge on any atom is 0.347 e. The zero-order valence-electron chi connectivity index (χ0n) is 14.0. The van der Waals surface area contributed by atoms with Gasteiger partial charge in [-0.3, -0.25) is 0 Å². The third kappa shape index (κ3) is 5.46. The Balaban J connectivity index is 1.91. The molecule has 2 rings (SSSR count). The summed E-state index contributed by atoms with van der Waals surface area (Å²) < 4.78 is 16.5. The molecule has 0 aliphatic carbocycles. The van der Waals surface area contributed by atoms with Crippen LogP contribution in [0.2, 0.25) is 5.02 Å². The smallest absolute Gasteiger partial charge is 0.347 e. The van der Waals surface area contributed by atoms with Crippen molar-refractivity contribution in [3.05, 3.63) is 53.6 Å². The third-order valence-electron chi connectivity index (χ3n) is 3.41. The molecule has 2 aromatic carbocycles. The van der Waals surface area contributed by atoms with Crippen LogP contribution in [0.25, 0.3) is 0 Å². The molecule has 0 heterocycles. The number of carbonyl (C=O) groups is 1. The minimum absolute atomic E-state index is 0.112. The van der Waals surface area contributed by atoms with Crippen molar-refractivity contribution in [1.82, 2.24) is 0 Å². The van der Waals surface area contributed by atoms with Crippen molar-refractivity contribution in [2.45, 2.75) is 39.4 Å². The van der Waals surface area contributed by atoms with Gasteiger partial charge < -0.3 is 14.2 Å². The van der Waals surface area contributed by atoms with Crippen molar-refractivity contribution >= 4 is 17.6 Å². The second-order valence-corrected chi connectivity index (χ2v) is 5.88. The summed E-state index contributed by atoms with van der Waals surface area (Å²) in [6.45, 7) is 5.49. The van der Waals surface area contributed by atoms with E-state index >= 15 is 0 Å². The Morgan fingerprint density at radius 3 is 2.00 bits per heavy atom. The molecular formula is C19H21ClO4. The van der Waals surface area contributed by atoms with E-state index in [0.717, 1.165) is 6.42 Å². The highest BCUT2D eigenvalue weighted by atomic mass is 35.5. The molecule has 5 heteroatoms. The molecule has 0 saturated carbocycles. The van der Waals surface area contributed by atoms with Crippen LogP contribution in [0.1, 0.15) is 27.2 Å². The van der Waals surface area contributed by atoms with Gasteiger partial charge in [-0.1, -0.05) is 18.5 Å². The Morgan fingerprint density at radius 2 is 1.46 bits per heavy atom. The molecule has 2 aromatic rings. The molecule has 4 nitrogen and oxygen atoms in total. The molecule has 0 spiro atoms. The van der Waals surface area contributed by atoms with Gasteiger partial charge in [-0.2, -0.15) is 0 Å². The maximum atomic E-state index is 11.9. The fraction of sp³-hybridized carbons (Fsp3) is 0.316. The molecular weight excluding hydrogens is 328 g/mol. The van der Waals surface area contributed by atoms with Gasteiger partial charge >= 0.3 is 5.97 Å². The highest BCUT2D eigenvalue weighted by molar-refractivity contribution is 6.30. The molecule has 0 radical (unpaired) electrons. The number of hydrogen-bond donors (Lipinski definition) is 0. The van der Waals surface area contributed by atoms with Crippen molar-refractivity contribution in [2.24, 2.45) is 0 Å². The third-order valence-corrected chi connectivity index (χ3v) is 3.66.